The number of thioether (sulfide) groups is 1. The van der Waals surface area contributed by atoms with E-state index in [1.165, 1.54) is 11.8 Å². The zero-order chi connectivity index (χ0) is 11.4. The summed E-state index contributed by atoms with van der Waals surface area (Å²) < 4.78 is 1.81. The van der Waals surface area contributed by atoms with Crippen molar-refractivity contribution < 1.29 is 0 Å². The minimum atomic E-state index is 0.149. The van der Waals surface area contributed by atoms with E-state index in [-0.39, 0.29) is 5.17 Å². The van der Waals surface area contributed by atoms with Crippen molar-refractivity contribution in [3.63, 3.8) is 0 Å². The third-order valence-electron chi connectivity index (χ3n) is 2.10. The van der Waals surface area contributed by atoms with Crippen LogP contribution in [-0.4, -0.2) is 14.9 Å². The SMILES string of the molecule is N=C(N)SCc1ccc(-n2cccn2)cc1. The molecular weight excluding hydrogens is 220 g/mol. The molecule has 0 bridgehead atoms. The summed E-state index contributed by atoms with van der Waals surface area (Å²) in [5, 5.41) is 11.4. The minimum Gasteiger partial charge on any atom is -0.379 e. The molecule has 0 unspecified atom stereocenters. The smallest absolute Gasteiger partial charge is 0.151 e. The Balaban J connectivity index is 2.08. The summed E-state index contributed by atoms with van der Waals surface area (Å²) >= 11 is 1.33. The summed E-state index contributed by atoms with van der Waals surface area (Å²) in [4.78, 5) is 0. The van der Waals surface area contributed by atoms with Crippen molar-refractivity contribution in [2.75, 3.05) is 0 Å². The predicted molar refractivity (Wildman–Crippen MR) is 66.8 cm³/mol. The third kappa shape index (κ3) is 2.64. The van der Waals surface area contributed by atoms with E-state index in [0.29, 0.717) is 0 Å². The number of hydrogen-bond acceptors (Lipinski definition) is 3. The Morgan fingerprint density at radius 1 is 1.38 bits per heavy atom. The van der Waals surface area contributed by atoms with Gasteiger partial charge in [0.05, 0.1) is 5.69 Å². The van der Waals surface area contributed by atoms with Gasteiger partial charge in [0.15, 0.2) is 5.17 Å². The molecule has 1 aromatic heterocycles. The van der Waals surface area contributed by atoms with Gasteiger partial charge in [0.2, 0.25) is 0 Å². The number of benzene rings is 1. The van der Waals surface area contributed by atoms with E-state index in [1.807, 2.05) is 41.2 Å². The maximum absolute atomic E-state index is 7.13. The highest BCUT2D eigenvalue weighted by Crippen LogP contribution is 2.14. The molecule has 82 valence electrons. The molecule has 0 amide bonds. The number of rotatable bonds is 3. The second kappa shape index (κ2) is 4.85. The van der Waals surface area contributed by atoms with Gasteiger partial charge in [-0.25, -0.2) is 4.68 Å². The summed E-state index contributed by atoms with van der Waals surface area (Å²) in [5.74, 6) is 0.731. The van der Waals surface area contributed by atoms with Gasteiger partial charge >= 0.3 is 0 Å². The maximum atomic E-state index is 7.13. The summed E-state index contributed by atoms with van der Waals surface area (Å²) in [5.41, 5.74) is 7.46. The molecule has 3 N–H and O–H groups in total. The van der Waals surface area contributed by atoms with Gasteiger partial charge in [-0.1, -0.05) is 23.9 Å². The van der Waals surface area contributed by atoms with Crippen molar-refractivity contribution in [3.8, 4) is 5.69 Å². The van der Waals surface area contributed by atoms with E-state index < -0.39 is 0 Å². The molecule has 0 fully saturated rings. The van der Waals surface area contributed by atoms with Crippen molar-refractivity contribution in [1.29, 1.82) is 5.41 Å². The average Bonchev–Trinajstić information content (AvgIpc) is 2.80. The van der Waals surface area contributed by atoms with E-state index in [9.17, 15) is 0 Å². The first-order chi connectivity index (χ1) is 7.75. The fourth-order valence-corrected chi connectivity index (χ4v) is 1.84. The van der Waals surface area contributed by atoms with Gasteiger partial charge in [0.25, 0.3) is 0 Å². The van der Waals surface area contributed by atoms with Crippen LogP contribution in [0.2, 0.25) is 0 Å². The van der Waals surface area contributed by atoms with Crippen molar-refractivity contribution >= 4 is 16.9 Å². The largest absolute Gasteiger partial charge is 0.379 e. The molecule has 0 radical (unpaired) electrons. The molecule has 0 saturated carbocycles. The quantitative estimate of drug-likeness (QED) is 0.628. The van der Waals surface area contributed by atoms with E-state index in [2.05, 4.69) is 5.10 Å². The lowest BCUT2D eigenvalue weighted by Crippen LogP contribution is -2.03. The normalized spacial score (nSPS) is 10.2. The lowest BCUT2D eigenvalue weighted by Gasteiger charge is -2.03. The van der Waals surface area contributed by atoms with Crippen molar-refractivity contribution in [1.82, 2.24) is 9.78 Å². The highest BCUT2D eigenvalue weighted by molar-refractivity contribution is 8.13. The molecule has 0 aliphatic carbocycles. The molecular formula is C11H12N4S. The number of nitrogens with zero attached hydrogens (tertiary/aromatic N) is 2. The number of nitrogens with two attached hydrogens (primary N) is 1. The van der Waals surface area contributed by atoms with Gasteiger partial charge < -0.3 is 5.73 Å². The molecule has 2 rings (SSSR count). The van der Waals surface area contributed by atoms with Gasteiger partial charge in [-0.3, -0.25) is 5.41 Å². The van der Waals surface area contributed by atoms with Crippen molar-refractivity contribution in [2.24, 2.45) is 5.73 Å². The second-order valence-electron chi connectivity index (χ2n) is 3.27. The Kier molecular flexibility index (Phi) is 3.26. The molecule has 0 saturated heterocycles. The van der Waals surface area contributed by atoms with Crippen LogP contribution in [0.4, 0.5) is 0 Å². The standard InChI is InChI=1S/C11H12N4S/c12-11(13)16-8-9-2-4-10(5-3-9)15-7-1-6-14-15/h1-7H,8H2,(H3,12,13). The van der Waals surface area contributed by atoms with Crippen LogP contribution in [0.3, 0.4) is 0 Å². The van der Waals surface area contributed by atoms with Gasteiger partial charge in [-0.05, 0) is 23.8 Å². The average molecular weight is 232 g/mol. The Bertz CT molecular complexity index is 461. The van der Waals surface area contributed by atoms with Gasteiger partial charge in [-0.15, -0.1) is 0 Å². The van der Waals surface area contributed by atoms with Crippen LogP contribution in [0.25, 0.3) is 5.69 Å². The number of nitrogens with one attached hydrogen (secondary N) is 1. The van der Waals surface area contributed by atoms with Gasteiger partial charge in [-0.2, -0.15) is 5.10 Å². The Morgan fingerprint density at radius 2 is 2.12 bits per heavy atom. The maximum Gasteiger partial charge on any atom is 0.151 e. The zero-order valence-corrected chi connectivity index (χ0v) is 9.45. The lowest BCUT2D eigenvalue weighted by molar-refractivity contribution is 0.880. The molecule has 5 heteroatoms. The zero-order valence-electron chi connectivity index (χ0n) is 8.63. The molecule has 16 heavy (non-hydrogen) atoms. The monoisotopic (exact) mass is 232 g/mol. The molecule has 0 aliphatic heterocycles. The molecule has 0 spiro atoms. The van der Waals surface area contributed by atoms with E-state index in [1.54, 1.807) is 6.20 Å². The van der Waals surface area contributed by atoms with Crippen LogP contribution in [-0.2, 0) is 5.75 Å². The van der Waals surface area contributed by atoms with E-state index in [4.69, 9.17) is 11.1 Å². The Morgan fingerprint density at radius 3 is 2.69 bits per heavy atom. The molecule has 0 atom stereocenters. The minimum absolute atomic E-state index is 0.149. The van der Waals surface area contributed by atoms with Crippen molar-refractivity contribution in [3.05, 3.63) is 48.3 Å². The molecule has 4 nitrogen and oxygen atoms in total. The number of aromatic nitrogens is 2. The fraction of sp³-hybridized carbons (Fsp3) is 0.0909. The van der Waals surface area contributed by atoms with Crippen LogP contribution >= 0.6 is 11.8 Å². The first kappa shape index (κ1) is 10.8. The van der Waals surface area contributed by atoms with Crippen molar-refractivity contribution in [2.45, 2.75) is 5.75 Å². The summed E-state index contributed by atoms with van der Waals surface area (Å²) in [6.07, 6.45) is 3.65. The lowest BCUT2D eigenvalue weighted by atomic mass is 10.2. The van der Waals surface area contributed by atoms with E-state index in [0.717, 1.165) is 17.0 Å². The number of amidine groups is 1. The number of hydrogen-bond donors (Lipinski definition) is 2. The van der Waals surface area contributed by atoms with Gasteiger partial charge in [0, 0.05) is 18.1 Å². The predicted octanol–water partition coefficient (Wildman–Crippen LogP) is 2.00. The van der Waals surface area contributed by atoms with Crippen LogP contribution < -0.4 is 5.73 Å². The van der Waals surface area contributed by atoms with Crippen LogP contribution in [0.15, 0.2) is 42.7 Å². The third-order valence-corrected chi connectivity index (χ3v) is 2.89. The van der Waals surface area contributed by atoms with Crippen LogP contribution in [0.5, 0.6) is 0 Å². The van der Waals surface area contributed by atoms with Crippen LogP contribution in [0.1, 0.15) is 5.56 Å². The highest BCUT2D eigenvalue weighted by atomic mass is 32.2. The molecule has 1 heterocycles. The highest BCUT2D eigenvalue weighted by Gasteiger charge is 1.98. The van der Waals surface area contributed by atoms with E-state index >= 15 is 0 Å². The van der Waals surface area contributed by atoms with Gasteiger partial charge in [0.1, 0.15) is 0 Å². The summed E-state index contributed by atoms with van der Waals surface area (Å²) in [6, 6.07) is 9.94. The molecule has 1 aromatic carbocycles. The molecule has 0 aliphatic rings. The second-order valence-corrected chi connectivity index (χ2v) is 4.29. The topological polar surface area (TPSA) is 67.7 Å². The first-order valence-corrected chi connectivity index (χ1v) is 5.80. The summed E-state index contributed by atoms with van der Waals surface area (Å²) in [6.45, 7) is 0. The Hall–Kier alpha value is -1.75. The fourth-order valence-electron chi connectivity index (χ4n) is 1.33. The van der Waals surface area contributed by atoms with Crippen LogP contribution in [0, 0.1) is 5.41 Å². The summed E-state index contributed by atoms with van der Waals surface area (Å²) in [7, 11) is 0. The first-order valence-electron chi connectivity index (χ1n) is 4.81. The Labute approximate surface area is 98.0 Å². The molecule has 2 aromatic rings.